The molecular weight excluding hydrogens is 326 g/mol. The fraction of sp³-hybridized carbons (Fsp3) is 0.333. The summed E-state index contributed by atoms with van der Waals surface area (Å²) in [6, 6.07) is 16.0. The van der Waals surface area contributed by atoms with Crippen LogP contribution in [0.5, 0.6) is 0 Å². The fourth-order valence-corrected chi connectivity index (χ4v) is 3.83. The lowest BCUT2D eigenvalue weighted by atomic mass is 10.1. The van der Waals surface area contributed by atoms with Gasteiger partial charge in [0.2, 0.25) is 0 Å². The van der Waals surface area contributed by atoms with Gasteiger partial charge < -0.3 is 10.0 Å². The second-order valence-electron chi connectivity index (χ2n) is 6.81. The molecule has 3 aromatic rings. The molecule has 1 fully saturated rings. The molecule has 1 unspecified atom stereocenters. The SMILES string of the molecule is O=C(c1ccc(-n2cnc3ccccc32)cc1)N1CCCC1CCCO. The molecule has 2 heterocycles. The largest absolute Gasteiger partial charge is 0.396 e. The second-order valence-corrected chi connectivity index (χ2v) is 6.81. The number of aliphatic hydroxyl groups excluding tert-OH is 1. The second kappa shape index (κ2) is 7.30. The topological polar surface area (TPSA) is 58.4 Å². The Balaban J connectivity index is 1.55. The van der Waals surface area contributed by atoms with E-state index in [9.17, 15) is 4.79 Å². The number of aromatic nitrogens is 2. The van der Waals surface area contributed by atoms with Crippen LogP contribution < -0.4 is 0 Å². The zero-order valence-corrected chi connectivity index (χ0v) is 14.7. The molecule has 0 saturated carbocycles. The van der Waals surface area contributed by atoms with E-state index in [0.29, 0.717) is 5.56 Å². The number of amides is 1. The Morgan fingerprint density at radius 1 is 1.15 bits per heavy atom. The number of nitrogens with zero attached hydrogens (tertiary/aromatic N) is 3. The summed E-state index contributed by atoms with van der Waals surface area (Å²) in [6.45, 7) is 0.995. The van der Waals surface area contributed by atoms with Gasteiger partial charge in [-0.25, -0.2) is 4.98 Å². The monoisotopic (exact) mass is 349 g/mol. The van der Waals surface area contributed by atoms with Gasteiger partial charge >= 0.3 is 0 Å². The lowest BCUT2D eigenvalue weighted by Gasteiger charge is -2.24. The minimum Gasteiger partial charge on any atom is -0.396 e. The summed E-state index contributed by atoms with van der Waals surface area (Å²) in [5, 5.41) is 9.05. The smallest absolute Gasteiger partial charge is 0.254 e. The van der Waals surface area contributed by atoms with Crippen molar-refractivity contribution >= 4 is 16.9 Å². The number of fused-ring (bicyclic) bond motifs is 1. The molecule has 1 amide bonds. The Morgan fingerprint density at radius 2 is 1.96 bits per heavy atom. The molecule has 1 N–H and O–H groups in total. The van der Waals surface area contributed by atoms with Crippen LogP contribution in [0.25, 0.3) is 16.7 Å². The normalized spacial score (nSPS) is 17.1. The molecule has 1 saturated heterocycles. The zero-order chi connectivity index (χ0) is 17.9. The van der Waals surface area contributed by atoms with E-state index in [2.05, 4.69) is 4.98 Å². The molecule has 5 nitrogen and oxygen atoms in total. The van der Waals surface area contributed by atoms with E-state index < -0.39 is 0 Å². The minimum atomic E-state index is 0.0903. The quantitative estimate of drug-likeness (QED) is 0.768. The molecule has 1 aliphatic heterocycles. The molecule has 0 spiro atoms. The maximum Gasteiger partial charge on any atom is 0.254 e. The summed E-state index contributed by atoms with van der Waals surface area (Å²) in [5.74, 6) is 0.0903. The maximum absolute atomic E-state index is 12.9. The number of para-hydroxylation sites is 2. The Morgan fingerprint density at radius 3 is 2.77 bits per heavy atom. The van der Waals surface area contributed by atoms with Gasteiger partial charge in [-0.05, 0) is 62.1 Å². The number of rotatable bonds is 5. The van der Waals surface area contributed by atoms with E-state index in [1.54, 1.807) is 0 Å². The Bertz CT molecular complexity index is 901. The number of imidazole rings is 1. The first-order valence-corrected chi connectivity index (χ1v) is 9.22. The number of aliphatic hydroxyl groups is 1. The average molecular weight is 349 g/mol. The van der Waals surface area contributed by atoms with Gasteiger partial charge in [0.25, 0.3) is 5.91 Å². The lowest BCUT2D eigenvalue weighted by Crippen LogP contribution is -2.35. The van der Waals surface area contributed by atoms with Gasteiger partial charge in [-0.15, -0.1) is 0 Å². The van der Waals surface area contributed by atoms with Gasteiger partial charge in [-0.1, -0.05) is 12.1 Å². The van der Waals surface area contributed by atoms with Crippen molar-refractivity contribution in [3.8, 4) is 5.69 Å². The summed E-state index contributed by atoms with van der Waals surface area (Å²) in [5.41, 5.74) is 3.72. The van der Waals surface area contributed by atoms with E-state index in [1.165, 1.54) is 0 Å². The van der Waals surface area contributed by atoms with Crippen LogP contribution in [0.15, 0.2) is 54.9 Å². The van der Waals surface area contributed by atoms with Crippen molar-refractivity contribution in [1.82, 2.24) is 14.5 Å². The lowest BCUT2D eigenvalue weighted by molar-refractivity contribution is 0.0724. The molecule has 134 valence electrons. The van der Waals surface area contributed by atoms with Crippen LogP contribution in [-0.4, -0.2) is 44.7 Å². The first kappa shape index (κ1) is 16.8. The van der Waals surface area contributed by atoms with E-state index in [4.69, 9.17) is 5.11 Å². The molecule has 26 heavy (non-hydrogen) atoms. The highest BCUT2D eigenvalue weighted by Gasteiger charge is 2.28. The first-order chi connectivity index (χ1) is 12.8. The van der Waals surface area contributed by atoms with Crippen LogP contribution in [0.1, 0.15) is 36.0 Å². The predicted molar refractivity (Wildman–Crippen MR) is 101 cm³/mol. The fourth-order valence-electron chi connectivity index (χ4n) is 3.83. The minimum absolute atomic E-state index is 0.0903. The number of benzene rings is 2. The highest BCUT2D eigenvalue weighted by Crippen LogP contribution is 2.24. The van der Waals surface area contributed by atoms with E-state index in [-0.39, 0.29) is 18.6 Å². The van der Waals surface area contributed by atoms with Crippen molar-refractivity contribution in [2.45, 2.75) is 31.7 Å². The number of carbonyl (C=O) groups excluding carboxylic acids is 1. The first-order valence-electron chi connectivity index (χ1n) is 9.22. The Labute approximate surface area is 152 Å². The van der Waals surface area contributed by atoms with Crippen molar-refractivity contribution in [2.24, 2.45) is 0 Å². The number of likely N-dealkylation sites (tertiary alicyclic amines) is 1. The van der Waals surface area contributed by atoms with Crippen LogP contribution in [0.3, 0.4) is 0 Å². The molecule has 1 aliphatic rings. The van der Waals surface area contributed by atoms with Crippen LogP contribution in [0.2, 0.25) is 0 Å². The zero-order valence-electron chi connectivity index (χ0n) is 14.7. The molecular formula is C21H23N3O2. The molecule has 1 aromatic heterocycles. The van der Waals surface area contributed by atoms with Crippen LogP contribution in [0.4, 0.5) is 0 Å². The molecule has 4 rings (SSSR count). The third-order valence-electron chi connectivity index (χ3n) is 5.18. The summed E-state index contributed by atoms with van der Waals surface area (Å²) < 4.78 is 2.03. The maximum atomic E-state index is 12.9. The molecule has 2 aromatic carbocycles. The summed E-state index contributed by atoms with van der Waals surface area (Å²) in [4.78, 5) is 19.3. The van der Waals surface area contributed by atoms with Gasteiger partial charge in [-0.2, -0.15) is 0 Å². The van der Waals surface area contributed by atoms with Gasteiger partial charge in [-0.3, -0.25) is 9.36 Å². The van der Waals surface area contributed by atoms with E-state index in [0.717, 1.165) is 48.9 Å². The number of carbonyl (C=O) groups is 1. The Hall–Kier alpha value is -2.66. The Kier molecular flexibility index (Phi) is 4.71. The highest BCUT2D eigenvalue weighted by atomic mass is 16.3. The van der Waals surface area contributed by atoms with Crippen molar-refractivity contribution < 1.29 is 9.90 Å². The van der Waals surface area contributed by atoms with Crippen LogP contribution >= 0.6 is 0 Å². The number of hydrogen-bond donors (Lipinski definition) is 1. The summed E-state index contributed by atoms with van der Waals surface area (Å²) in [6.07, 6.45) is 5.51. The summed E-state index contributed by atoms with van der Waals surface area (Å²) in [7, 11) is 0. The van der Waals surface area contributed by atoms with Gasteiger partial charge in [0.1, 0.15) is 6.33 Å². The van der Waals surface area contributed by atoms with Crippen LogP contribution in [-0.2, 0) is 0 Å². The van der Waals surface area contributed by atoms with E-state index >= 15 is 0 Å². The number of hydrogen-bond acceptors (Lipinski definition) is 3. The predicted octanol–water partition coefficient (Wildman–Crippen LogP) is 3.40. The van der Waals surface area contributed by atoms with Crippen molar-refractivity contribution in [1.29, 1.82) is 0 Å². The molecule has 1 atom stereocenters. The van der Waals surface area contributed by atoms with Crippen molar-refractivity contribution in [3.05, 3.63) is 60.4 Å². The summed E-state index contributed by atoms with van der Waals surface area (Å²) >= 11 is 0. The molecule has 0 aliphatic carbocycles. The average Bonchev–Trinajstić information content (AvgIpc) is 3.33. The van der Waals surface area contributed by atoms with Crippen molar-refractivity contribution in [3.63, 3.8) is 0 Å². The van der Waals surface area contributed by atoms with Gasteiger partial charge in [0, 0.05) is 30.4 Å². The molecule has 5 heteroatoms. The third kappa shape index (κ3) is 3.10. The highest BCUT2D eigenvalue weighted by molar-refractivity contribution is 5.94. The molecule has 0 radical (unpaired) electrons. The molecule has 0 bridgehead atoms. The third-order valence-corrected chi connectivity index (χ3v) is 5.18. The van der Waals surface area contributed by atoms with Gasteiger partial charge in [0.05, 0.1) is 11.0 Å². The van der Waals surface area contributed by atoms with Crippen molar-refractivity contribution in [2.75, 3.05) is 13.2 Å². The van der Waals surface area contributed by atoms with E-state index in [1.807, 2.05) is 64.3 Å². The van der Waals surface area contributed by atoms with Gasteiger partial charge in [0.15, 0.2) is 0 Å². The standard InChI is InChI=1S/C21H23N3O2/c25-14-4-6-17-5-3-13-23(17)21(26)16-9-11-18(12-10-16)24-15-22-19-7-1-2-8-20(19)24/h1-2,7-12,15,17,25H,3-6,13-14H2. The van der Waals surface area contributed by atoms with Crippen LogP contribution in [0, 0.1) is 0 Å².